The molecule has 3 aromatic rings. The summed E-state index contributed by atoms with van der Waals surface area (Å²) in [7, 11) is 0. The quantitative estimate of drug-likeness (QED) is 0.357. The predicted molar refractivity (Wildman–Crippen MR) is 144 cm³/mol. The molecule has 4 rings (SSSR count). The van der Waals surface area contributed by atoms with Crippen LogP contribution in [0.2, 0.25) is 0 Å². The Morgan fingerprint density at radius 1 is 1.11 bits per heavy atom. The topological polar surface area (TPSA) is 114 Å². The van der Waals surface area contributed by atoms with Crippen molar-refractivity contribution in [2.45, 2.75) is 25.5 Å². The minimum absolute atomic E-state index is 0.0235. The Labute approximate surface area is 218 Å². The zero-order chi connectivity index (χ0) is 25.7. The van der Waals surface area contributed by atoms with Gasteiger partial charge in [-0.2, -0.15) is 5.26 Å². The molecule has 4 N–H and O–H groups in total. The smallest absolute Gasteiger partial charge is 0.234 e. The highest BCUT2D eigenvalue weighted by atomic mass is 32.2. The van der Waals surface area contributed by atoms with Crippen molar-refractivity contribution in [3.8, 4) is 6.07 Å². The third-order valence-corrected chi connectivity index (χ3v) is 7.89. The van der Waals surface area contributed by atoms with Crippen molar-refractivity contribution in [3.63, 3.8) is 0 Å². The molecule has 3 atom stereocenters. The van der Waals surface area contributed by atoms with Crippen LogP contribution >= 0.6 is 23.1 Å². The molecule has 36 heavy (non-hydrogen) atoms. The highest BCUT2D eigenvalue weighted by molar-refractivity contribution is 8.03. The molecule has 0 spiro atoms. The number of rotatable bonds is 7. The molecule has 0 fully saturated rings. The van der Waals surface area contributed by atoms with Gasteiger partial charge in [-0.25, -0.2) is 0 Å². The van der Waals surface area contributed by atoms with Gasteiger partial charge in [0.2, 0.25) is 11.8 Å². The number of hydrogen-bond acceptors (Lipinski definition) is 7. The molecule has 1 aliphatic heterocycles. The Hall–Kier alpha value is -3.58. The summed E-state index contributed by atoms with van der Waals surface area (Å²) in [5.41, 5.74) is 0.833. The number of carbonyl (C=O) groups excluding carboxylic acids is 2. The van der Waals surface area contributed by atoms with Crippen LogP contribution in [0, 0.1) is 24.2 Å². The zero-order valence-electron chi connectivity index (χ0n) is 19.8. The van der Waals surface area contributed by atoms with E-state index < -0.39 is 23.5 Å². The van der Waals surface area contributed by atoms with Crippen LogP contribution in [-0.4, -0.2) is 28.4 Å². The largest absolute Gasteiger partial charge is 0.370 e. The van der Waals surface area contributed by atoms with Crippen molar-refractivity contribution in [2.75, 3.05) is 16.4 Å². The van der Waals surface area contributed by atoms with Crippen molar-refractivity contribution in [3.05, 3.63) is 93.2 Å². The molecule has 1 aliphatic rings. The summed E-state index contributed by atoms with van der Waals surface area (Å²) in [4.78, 5) is 26.9. The number of hydrogen-bond donors (Lipinski definition) is 4. The summed E-state index contributed by atoms with van der Waals surface area (Å²) in [5.74, 6) is -2.30. The second-order valence-corrected chi connectivity index (χ2v) is 10.6. The van der Waals surface area contributed by atoms with Crippen LogP contribution < -0.4 is 16.0 Å². The first-order chi connectivity index (χ1) is 17.3. The van der Waals surface area contributed by atoms with Crippen LogP contribution in [0.3, 0.4) is 0 Å². The monoisotopic (exact) mass is 518 g/mol. The SMILES string of the molecule is Cc1ccccc1NC(=O)[C@H]1[C@H](c2cccs2)C(C#N)=C(SCC(=O)Nc2ccccc2)N[C@]1(C)O. The van der Waals surface area contributed by atoms with Gasteiger partial charge in [0.15, 0.2) is 0 Å². The summed E-state index contributed by atoms with van der Waals surface area (Å²) in [6.45, 7) is 3.41. The number of thiophene rings is 1. The van der Waals surface area contributed by atoms with E-state index in [2.05, 4.69) is 22.0 Å². The van der Waals surface area contributed by atoms with Gasteiger partial charge < -0.3 is 21.1 Å². The molecular formula is C27H26N4O3S2. The Kier molecular flexibility index (Phi) is 7.79. The van der Waals surface area contributed by atoms with Crippen LogP contribution in [0.4, 0.5) is 11.4 Å². The first-order valence-corrected chi connectivity index (χ1v) is 13.2. The summed E-state index contributed by atoms with van der Waals surface area (Å²) in [6.07, 6.45) is 0. The number of thioether (sulfide) groups is 1. The lowest BCUT2D eigenvalue weighted by Gasteiger charge is -2.43. The van der Waals surface area contributed by atoms with Crippen LogP contribution in [-0.2, 0) is 9.59 Å². The lowest BCUT2D eigenvalue weighted by Crippen LogP contribution is -2.57. The number of carbonyl (C=O) groups is 2. The zero-order valence-corrected chi connectivity index (χ0v) is 21.5. The van der Waals surface area contributed by atoms with E-state index in [-0.39, 0.29) is 11.7 Å². The predicted octanol–water partition coefficient (Wildman–Crippen LogP) is 4.81. The van der Waals surface area contributed by atoms with Gasteiger partial charge in [-0.3, -0.25) is 9.59 Å². The lowest BCUT2D eigenvalue weighted by molar-refractivity contribution is -0.131. The van der Waals surface area contributed by atoms with Crippen LogP contribution in [0.1, 0.15) is 23.3 Å². The normalized spacial score (nSPS) is 21.3. The van der Waals surface area contributed by atoms with Crippen molar-refractivity contribution < 1.29 is 14.7 Å². The fourth-order valence-electron chi connectivity index (χ4n) is 4.20. The van der Waals surface area contributed by atoms with Gasteiger partial charge in [0.05, 0.1) is 28.3 Å². The number of anilines is 2. The molecule has 2 amide bonds. The maximum absolute atomic E-state index is 13.6. The van der Waals surface area contributed by atoms with Gasteiger partial charge in [-0.1, -0.05) is 54.2 Å². The average molecular weight is 519 g/mol. The second-order valence-electron chi connectivity index (χ2n) is 8.60. The number of aliphatic hydroxyl groups is 1. The van der Waals surface area contributed by atoms with Crippen LogP contribution in [0.15, 0.2) is 82.7 Å². The number of allylic oxidation sites excluding steroid dienone is 1. The van der Waals surface area contributed by atoms with E-state index in [0.717, 1.165) is 22.2 Å². The van der Waals surface area contributed by atoms with Crippen LogP contribution in [0.25, 0.3) is 0 Å². The van der Waals surface area contributed by atoms with Gasteiger partial charge in [0, 0.05) is 22.2 Å². The van der Waals surface area contributed by atoms with Gasteiger partial charge in [0.25, 0.3) is 0 Å². The molecule has 0 unspecified atom stereocenters. The maximum atomic E-state index is 13.6. The van der Waals surface area contributed by atoms with Gasteiger partial charge in [0.1, 0.15) is 5.72 Å². The standard InChI is InChI=1S/C27H26N4O3S2/c1-17-9-6-7-12-20(17)30-25(33)24-23(21-13-8-14-35-21)19(15-28)26(31-27(24,2)34)36-16-22(32)29-18-10-4-3-5-11-18/h3-14,23-24,31,34H,16H2,1-2H3,(H,29,32)(H,30,33)/t23-,24+,27+/m0/s1. The molecule has 0 bridgehead atoms. The Bertz CT molecular complexity index is 1310. The number of amides is 2. The first kappa shape index (κ1) is 25.5. The molecule has 9 heteroatoms. The van der Waals surface area contributed by atoms with E-state index in [1.54, 1.807) is 18.2 Å². The van der Waals surface area contributed by atoms with Crippen molar-refractivity contribution in [2.24, 2.45) is 5.92 Å². The highest BCUT2D eigenvalue weighted by Crippen LogP contribution is 2.46. The molecule has 2 heterocycles. The third-order valence-electron chi connectivity index (χ3n) is 5.92. The van der Waals surface area contributed by atoms with E-state index in [1.807, 2.05) is 60.8 Å². The molecule has 1 aromatic heterocycles. The maximum Gasteiger partial charge on any atom is 0.234 e. The number of nitrogens with zero attached hydrogens (tertiary/aromatic N) is 1. The Morgan fingerprint density at radius 2 is 1.83 bits per heavy atom. The number of nitriles is 1. The Balaban J connectivity index is 1.63. The first-order valence-electron chi connectivity index (χ1n) is 11.3. The number of para-hydroxylation sites is 2. The van der Waals surface area contributed by atoms with Crippen LogP contribution in [0.5, 0.6) is 0 Å². The molecule has 0 saturated carbocycles. The summed E-state index contributed by atoms with van der Waals surface area (Å²) >= 11 is 2.54. The summed E-state index contributed by atoms with van der Waals surface area (Å²) < 4.78 is 0. The second kappa shape index (κ2) is 11.0. The van der Waals surface area contributed by atoms with Gasteiger partial charge in [-0.05, 0) is 49.1 Å². The van der Waals surface area contributed by atoms with Crippen molar-refractivity contribution >= 4 is 46.3 Å². The molecule has 0 radical (unpaired) electrons. The molecular weight excluding hydrogens is 492 g/mol. The van der Waals surface area contributed by atoms with Gasteiger partial charge in [-0.15, -0.1) is 11.3 Å². The molecule has 7 nitrogen and oxygen atoms in total. The number of nitrogens with one attached hydrogen (secondary N) is 3. The Morgan fingerprint density at radius 3 is 2.50 bits per heavy atom. The van der Waals surface area contributed by atoms with Crippen molar-refractivity contribution in [1.29, 1.82) is 5.26 Å². The lowest BCUT2D eigenvalue weighted by atomic mass is 9.76. The van der Waals surface area contributed by atoms with Crippen molar-refractivity contribution in [1.82, 2.24) is 5.32 Å². The number of aryl methyl sites for hydroxylation is 1. The molecule has 184 valence electrons. The van der Waals surface area contributed by atoms with E-state index in [9.17, 15) is 20.0 Å². The molecule has 0 aliphatic carbocycles. The van der Waals surface area contributed by atoms with E-state index >= 15 is 0 Å². The van der Waals surface area contributed by atoms with E-state index in [1.165, 1.54) is 18.3 Å². The molecule has 0 saturated heterocycles. The number of benzene rings is 2. The fourth-order valence-corrected chi connectivity index (χ4v) is 6.03. The molecule has 2 aromatic carbocycles. The summed E-state index contributed by atoms with van der Waals surface area (Å²) in [5, 5.41) is 32.6. The van der Waals surface area contributed by atoms with E-state index in [4.69, 9.17) is 0 Å². The minimum Gasteiger partial charge on any atom is -0.370 e. The van der Waals surface area contributed by atoms with Gasteiger partial charge >= 0.3 is 0 Å². The average Bonchev–Trinajstić information content (AvgIpc) is 3.38. The minimum atomic E-state index is -1.68. The summed E-state index contributed by atoms with van der Waals surface area (Å²) in [6, 6.07) is 22.4. The third kappa shape index (κ3) is 5.62. The fraction of sp³-hybridized carbons (Fsp3) is 0.222. The van der Waals surface area contributed by atoms with E-state index in [0.29, 0.717) is 22.0 Å². The highest BCUT2D eigenvalue weighted by Gasteiger charge is 2.50.